The first-order valence-electron chi connectivity index (χ1n) is 6.49. The number of anilines is 2. The van der Waals surface area contributed by atoms with E-state index in [4.69, 9.17) is 5.73 Å². The highest BCUT2D eigenvalue weighted by Gasteiger charge is 2.07. The molecule has 0 fully saturated rings. The van der Waals surface area contributed by atoms with Crippen LogP contribution in [0.5, 0.6) is 0 Å². The number of aromatic nitrogens is 3. The van der Waals surface area contributed by atoms with Gasteiger partial charge in [0, 0.05) is 16.1 Å². The minimum absolute atomic E-state index is 0.583. The smallest absolute Gasteiger partial charge is 0.125 e. The Labute approximate surface area is 130 Å². The predicted octanol–water partition coefficient (Wildman–Crippen LogP) is 3.29. The Morgan fingerprint density at radius 2 is 2.10 bits per heavy atom. The van der Waals surface area contributed by atoms with Gasteiger partial charge in [-0.25, -0.2) is 9.97 Å². The summed E-state index contributed by atoms with van der Waals surface area (Å²) < 4.78 is 0.989. The molecular weight excluding hydrogens is 330 g/mol. The fourth-order valence-electron chi connectivity index (χ4n) is 2.16. The Morgan fingerprint density at radius 1 is 1.24 bits per heavy atom. The number of aryl methyl sites for hydroxylation is 1. The lowest BCUT2D eigenvalue weighted by atomic mass is 10.1. The summed E-state index contributed by atoms with van der Waals surface area (Å²) in [7, 11) is 0. The normalized spacial score (nSPS) is 10.8. The number of fused-ring (bicyclic) bond motifs is 1. The quantitative estimate of drug-likeness (QED) is 0.762. The summed E-state index contributed by atoms with van der Waals surface area (Å²) in [5.74, 6) is 0.754. The number of rotatable bonds is 3. The van der Waals surface area contributed by atoms with Crippen LogP contribution in [-0.2, 0) is 6.54 Å². The third kappa shape index (κ3) is 2.95. The zero-order chi connectivity index (χ0) is 14.8. The Kier molecular flexibility index (Phi) is 3.70. The number of pyridine rings is 1. The predicted molar refractivity (Wildman–Crippen MR) is 88.0 cm³/mol. The third-order valence-electron chi connectivity index (χ3n) is 3.14. The van der Waals surface area contributed by atoms with Crippen molar-refractivity contribution in [2.75, 3.05) is 11.1 Å². The molecule has 6 heteroatoms. The van der Waals surface area contributed by atoms with Crippen molar-refractivity contribution in [2.45, 2.75) is 13.5 Å². The number of nitrogens with one attached hydrogen (secondary N) is 1. The van der Waals surface area contributed by atoms with Gasteiger partial charge in [0.05, 0.1) is 35.3 Å². The van der Waals surface area contributed by atoms with E-state index in [1.807, 2.05) is 31.2 Å². The molecule has 106 valence electrons. The molecule has 0 unspecified atom stereocenters. The second-order valence-corrected chi connectivity index (χ2v) is 5.61. The van der Waals surface area contributed by atoms with Gasteiger partial charge in [0.2, 0.25) is 0 Å². The molecule has 5 nitrogen and oxygen atoms in total. The summed E-state index contributed by atoms with van der Waals surface area (Å²) >= 11 is 3.48. The average Bonchev–Trinajstić information content (AvgIpc) is 2.46. The molecule has 2 heterocycles. The topological polar surface area (TPSA) is 76.7 Å². The van der Waals surface area contributed by atoms with Gasteiger partial charge in [-0.15, -0.1) is 0 Å². The summed E-state index contributed by atoms with van der Waals surface area (Å²) in [5.41, 5.74) is 9.36. The maximum atomic E-state index is 6.06. The lowest BCUT2D eigenvalue weighted by molar-refractivity contribution is 0.956. The van der Waals surface area contributed by atoms with Crippen LogP contribution in [0.3, 0.4) is 0 Å². The number of nitrogen functional groups attached to an aromatic ring is 1. The first kappa shape index (κ1) is 13.8. The molecule has 0 spiro atoms. The van der Waals surface area contributed by atoms with Gasteiger partial charge in [0.15, 0.2) is 0 Å². The Balaban J connectivity index is 1.96. The van der Waals surface area contributed by atoms with Crippen LogP contribution in [0.2, 0.25) is 0 Å². The van der Waals surface area contributed by atoms with Gasteiger partial charge in [-0.2, -0.15) is 0 Å². The Morgan fingerprint density at radius 3 is 2.90 bits per heavy atom. The van der Waals surface area contributed by atoms with Crippen LogP contribution in [0.4, 0.5) is 11.4 Å². The Hall–Kier alpha value is -2.21. The summed E-state index contributed by atoms with van der Waals surface area (Å²) in [6.45, 7) is 2.45. The number of benzene rings is 1. The molecular formula is C15H14BrN5. The first-order valence-corrected chi connectivity index (χ1v) is 7.29. The van der Waals surface area contributed by atoms with E-state index in [1.54, 1.807) is 12.4 Å². The largest absolute Gasteiger partial charge is 0.396 e. The molecule has 0 atom stereocenters. The van der Waals surface area contributed by atoms with Crippen molar-refractivity contribution < 1.29 is 0 Å². The van der Waals surface area contributed by atoms with E-state index in [9.17, 15) is 0 Å². The van der Waals surface area contributed by atoms with Gasteiger partial charge in [0.1, 0.15) is 5.82 Å². The summed E-state index contributed by atoms with van der Waals surface area (Å²) in [6.07, 6.45) is 3.42. The van der Waals surface area contributed by atoms with Crippen molar-refractivity contribution in [3.05, 3.63) is 52.7 Å². The molecule has 0 radical (unpaired) electrons. The fraction of sp³-hybridized carbons (Fsp3) is 0.133. The maximum Gasteiger partial charge on any atom is 0.125 e. The summed E-state index contributed by atoms with van der Waals surface area (Å²) in [5, 5.41) is 4.33. The lowest BCUT2D eigenvalue weighted by Gasteiger charge is -2.12. The number of nitrogens with two attached hydrogens (primary N) is 1. The van der Waals surface area contributed by atoms with Gasteiger partial charge < -0.3 is 11.1 Å². The van der Waals surface area contributed by atoms with Crippen LogP contribution < -0.4 is 11.1 Å². The number of hydrogen-bond donors (Lipinski definition) is 2. The number of nitrogens with zero attached hydrogens (tertiary/aromatic N) is 3. The minimum atomic E-state index is 0.583. The van der Waals surface area contributed by atoms with Crippen LogP contribution in [0, 0.1) is 6.92 Å². The van der Waals surface area contributed by atoms with Crippen molar-refractivity contribution in [3.8, 4) is 0 Å². The SMILES string of the molecule is Cc1nccc(CNc2c(N)cnc3ccc(Br)cc23)n1. The fourth-order valence-corrected chi connectivity index (χ4v) is 2.52. The highest BCUT2D eigenvalue weighted by atomic mass is 79.9. The molecule has 0 aliphatic carbocycles. The van der Waals surface area contributed by atoms with Crippen LogP contribution >= 0.6 is 15.9 Å². The van der Waals surface area contributed by atoms with Crippen molar-refractivity contribution in [1.82, 2.24) is 15.0 Å². The van der Waals surface area contributed by atoms with E-state index in [0.717, 1.165) is 32.6 Å². The van der Waals surface area contributed by atoms with Gasteiger partial charge >= 0.3 is 0 Å². The zero-order valence-corrected chi connectivity index (χ0v) is 13.1. The second kappa shape index (κ2) is 5.65. The second-order valence-electron chi connectivity index (χ2n) is 4.70. The van der Waals surface area contributed by atoms with Gasteiger partial charge in [-0.3, -0.25) is 4.98 Å². The van der Waals surface area contributed by atoms with Gasteiger partial charge in [0.25, 0.3) is 0 Å². The third-order valence-corrected chi connectivity index (χ3v) is 3.63. The maximum absolute atomic E-state index is 6.06. The van der Waals surface area contributed by atoms with E-state index in [-0.39, 0.29) is 0 Å². The molecule has 3 N–H and O–H groups in total. The van der Waals surface area contributed by atoms with Crippen molar-refractivity contribution >= 4 is 38.2 Å². The standard InChI is InChI=1S/C15H14BrN5/c1-9-18-5-4-11(21-9)7-20-15-12-6-10(16)2-3-14(12)19-8-13(15)17/h2-6,8H,7,17H2,1H3,(H,19,20). The van der Waals surface area contributed by atoms with Crippen LogP contribution in [0.1, 0.15) is 11.5 Å². The average molecular weight is 344 g/mol. The van der Waals surface area contributed by atoms with E-state index in [2.05, 4.69) is 36.2 Å². The highest BCUT2D eigenvalue weighted by Crippen LogP contribution is 2.30. The van der Waals surface area contributed by atoms with Crippen molar-refractivity contribution in [2.24, 2.45) is 0 Å². The van der Waals surface area contributed by atoms with E-state index >= 15 is 0 Å². The molecule has 0 saturated heterocycles. The van der Waals surface area contributed by atoms with Crippen LogP contribution in [0.25, 0.3) is 10.9 Å². The van der Waals surface area contributed by atoms with Crippen molar-refractivity contribution in [3.63, 3.8) is 0 Å². The molecule has 1 aromatic carbocycles. The summed E-state index contributed by atoms with van der Waals surface area (Å²) in [6, 6.07) is 7.81. The monoisotopic (exact) mass is 343 g/mol. The zero-order valence-electron chi connectivity index (χ0n) is 11.5. The van der Waals surface area contributed by atoms with E-state index in [0.29, 0.717) is 12.2 Å². The Bertz CT molecular complexity index is 798. The van der Waals surface area contributed by atoms with Crippen molar-refractivity contribution in [1.29, 1.82) is 0 Å². The molecule has 21 heavy (non-hydrogen) atoms. The molecule has 2 aromatic heterocycles. The molecule has 0 saturated carbocycles. The molecule has 0 amide bonds. The molecule has 0 aliphatic rings. The minimum Gasteiger partial charge on any atom is -0.396 e. The molecule has 0 aliphatic heterocycles. The van der Waals surface area contributed by atoms with Gasteiger partial charge in [-0.1, -0.05) is 15.9 Å². The molecule has 0 bridgehead atoms. The van der Waals surface area contributed by atoms with Crippen LogP contribution in [0.15, 0.2) is 41.1 Å². The van der Waals surface area contributed by atoms with E-state index in [1.165, 1.54) is 0 Å². The molecule has 3 aromatic rings. The molecule has 3 rings (SSSR count). The highest BCUT2D eigenvalue weighted by molar-refractivity contribution is 9.10. The summed E-state index contributed by atoms with van der Waals surface area (Å²) in [4.78, 5) is 12.8. The van der Waals surface area contributed by atoms with Gasteiger partial charge in [-0.05, 0) is 31.2 Å². The number of hydrogen-bond acceptors (Lipinski definition) is 5. The lowest BCUT2D eigenvalue weighted by Crippen LogP contribution is -2.06. The first-order chi connectivity index (χ1) is 10.1. The van der Waals surface area contributed by atoms with Crippen LogP contribution in [-0.4, -0.2) is 15.0 Å². The number of halogens is 1. The van der Waals surface area contributed by atoms with E-state index < -0.39 is 0 Å².